The van der Waals surface area contributed by atoms with Crippen LogP contribution in [0.1, 0.15) is 45.2 Å². The van der Waals surface area contributed by atoms with Crippen LogP contribution in [0.3, 0.4) is 0 Å². The minimum atomic E-state index is -0.374. The molecule has 4 rings (SSSR count). The molecule has 1 amide bonds. The quantitative estimate of drug-likeness (QED) is 0.719. The number of aromatic amines is 1. The standard InChI is InChI=1S/C23H22N2O3/c1-28-18-12-10-16(11-13-18)21(15-6-3-2-4-7-15)25-23(27)19-14-17-8-5-9-20(17)24-22(19)26/h2-4,6-7,10-14,21H,5,8-9H2,1H3,(H,24,26)(H,25,27)/t21-/m1/s1. The first-order chi connectivity index (χ1) is 13.7. The highest BCUT2D eigenvalue weighted by molar-refractivity contribution is 5.94. The summed E-state index contributed by atoms with van der Waals surface area (Å²) in [5.74, 6) is 0.373. The number of pyridine rings is 1. The van der Waals surface area contributed by atoms with Gasteiger partial charge in [-0.25, -0.2) is 0 Å². The Kier molecular flexibility index (Phi) is 4.98. The van der Waals surface area contributed by atoms with E-state index in [2.05, 4.69) is 10.3 Å². The number of H-pyrrole nitrogens is 1. The Morgan fingerprint density at radius 1 is 1.04 bits per heavy atom. The van der Waals surface area contributed by atoms with Crippen LogP contribution in [0.4, 0.5) is 0 Å². The summed E-state index contributed by atoms with van der Waals surface area (Å²) in [4.78, 5) is 28.3. The Hall–Kier alpha value is -3.34. The molecule has 5 heteroatoms. The molecule has 1 aliphatic carbocycles. The van der Waals surface area contributed by atoms with E-state index in [9.17, 15) is 9.59 Å². The number of amides is 1. The maximum Gasteiger partial charge on any atom is 0.261 e. The van der Waals surface area contributed by atoms with Crippen LogP contribution in [-0.2, 0) is 12.8 Å². The fourth-order valence-electron chi connectivity index (χ4n) is 3.69. The number of carbonyl (C=O) groups excluding carboxylic acids is 1. The number of fused-ring (bicyclic) bond motifs is 1. The van der Waals surface area contributed by atoms with Gasteiger partial charge in [-0.05, 0) is 54.2 Å². The lowest BCUT2D eigenvalue weighted by molar-refractivity contribution is 0.0941. The maximum atomic E-state index is 13.0. The molecule has 0 saturated heterocycles. The summed E-state index contributed by atoms with van der Waals surface area (Å²) in [6.07, 6.45) is 2.77. The first kappa shape index (κ1) is 18.0. The molecule has 0 unspecified atom stereocenters. The molecule has 1 aromatic heterocycles. The number of carbonyl (C=O) groups is 1. The fraction of sp³-hybridized carbons (Fsp3) is 0.217. The van der Waals surface area contributed by atoms with Gasteiger partial charge in [0.1, 0.15) is 11.3 Å². The zero-order valence-electron chi connectivity index (χ0n) is 15.7. The summed E-state index contributed by atoms with van der Waals surface area (Å²) in [7, 11) is 1.62. The van der Waals surface area contributed by atoms with Gasteiger partial charge in [0.15, 0.2) is 0 Å². The molecular weight excluding hydrogens is 352 g/mol. The molecule has 3 aromatic rings. The van der Waals surface area contributed by atoms with Crippen molar-refractivity contribution in [2.75, 3.05) is 7.11 Å². The van der Waals surface area contributed by atoms with Gasteiger partial charge in [-0.1, -0.05) is 42.5 Å². The Balaban J connectivity index is 1.68. The molecule has 1 heterocycles. The van der Waals surface area contributed by atoms with Crippen LogP contribution in [0, 0.1) is 0 Å². The Labute approximate surface area is 163 Å². The van der Waals surface area contributed by atoms with Gasteiger partial charge in [-0.15, -0.1) is 0 Å². The number of aryl methyl sites for hydroxylation is 2. The summed E-state index contributed by atoms with van der Waals surface area (Å²) < 4.78 is 5.23. The number of nitrogens with one attached hydrogen (secondary N) is 2. The highest BCUT2D eigenvalue weighted by Gasteiger charge is 2.22. The second-order valence-electron chi connectivity index (χ2n) is 6.96. The lowest BCUT2D eigenvalue weighted by atomic mass is 9.98. The van der Waals surface area contributed by atoms with Crippen LogP contribution in [0.5, 0.6) is 5.75 Å². The molecule has 0 spiro atoms. The van der Waals surface area contributed by atoms with Gasteiger partial charge in [0.25, 0.3) is 11.5 Å². The third-order valence-corrected chi connectivity index (χ3v) is 5.19. The van der Waals surface area contributed by atoms with Gasteiger partial charge < -0.3 is 15.0 Å². The van der Waals surface area contributed by atoms with Gasteiger partial charge in [-0.3, -0.25) is 9.59 Å². The third-order valence-electron chi connectivity index (χ3n) is 5.19. The van der Waals surface area contributed by atoms with E-state index in [1.165, 1.54) is 0 Å². The highest BCUT2D eigenvalue weighted by atomic mass is 16.5. The summed E-state index contributed by atoms with van der Waals surface area (Å²) in [6, 6.07) is 18.7. The monoisotopic (exact) mass is 374 g/mol. The number of hydrogen-bond acceptors (Lipinski definition) is 3. The van der Waals surface area contributed by atoms with Crippen LogP contribution < -0.4 is 15.6 Å². The van der Waals surface area contributed by atoms with E-state index >= 15 is 0 Å². The average Bonchev–Trinajstić information content (AvgIpc) is 3.19. The number of methoxy groups -OCH3 is 1. The van der Waals surface area contributed by atoms with Gasteiger partial charge in [0.05, 0.1) is 13.2 Å². The summed E-state index contributed by atoms with van der Waals surface area (Å²) in [5.41, 5.74) is 3.70. The molecular formula is C23H22N2O3. The van der Waals surface area contributed by atoms with E-state index in [0.29, 0.717) is 0 Å². The van der Waals surface area contributed by atoms with Crippen molar-refractivity contribution in [1.82, 2.24) is 10.3 Å². The minimum absolute atomic E-state index is 0.162. The smallest absolute Gasteiger partial charge is 0.261 e. The van der Waals surface area contributed by atoms with E-state index in [0.717, 1.165) is 47.4 Å². The van der Waals surface area contributed by atoms with Crippen molar-refractivity contribution >= 4 is 5.91 Å². The zero-order chi connectivity index (χ0) is 19.5. The minimum Gasteiger partial charge on any atom is -0.497 e. The van der Waals surface area contributed by atoms with Crippen LogP contribution in [0.25, 0.3) is 0 Å². The molecule has 5 nitrogen and oxygen atoms in total. The van der Waals surface area contributed by atoms with Gasteiger partial charge in [0.2, 0.25) is 0 Å². The predicted molar refractivity (Wildman–Crippen MR) is 108 cm³/mol. The maximum absolute atomic E-state index is 13.0. The molecule has 0 aliphatic heterocycles. The molecule has 1 atom stereocenters. The molecule has 1 aliphatic rings. The molecule has 0 saturated carbocycles. The number of benzene rings is 2. The van der Waals surface area contributed by atoms with Crippen LogP contribution in [0.15, 0.2) is 65.5 Å². The largest absolute Gasteiger partial charge is 0.497 e. The van der Waals surface area contributed by atoms with E-state index in [1.807, 2.05) is 54.6 Å². The number of ether oxygens (including phenoxy) is 1. The number of hydrogen-bond donors (Lipinski definition) is 2. The number of aromatic nitrogens is 1. The first-order valence-electron chi connectivity index (χ1n) is 9.40. The molecule has 28 heavy (non-hydrogen) atoms. The zero-order valence-corrected chi connectivity index (χ0v) is 15.7. The summed E-state index contributed by atoms with van der Waals surface area (Å²) in [6.45, 7) is 0. The van der Waals surface area contributed by atoms with Crippen molar-refractivity contribution in [3.8, 4) is 5.75 Å². The molecule has 0 fully saturated rings. The van der Waals surface area contributed by atoms with Gasteiger partial charge in [-0.2, -0.15) is 0 Å². The Morgan fingerprint density at radius 2 is 1.75 bits per heavy atom. The molecule has 2 aromatic carbocycles. The van der Waals surface area contributed by atoms with E-state index in [4.69, 9.17) is 4.74 Å². The first-order valence-corrected chi connectivity index (χ1v) is 9.40. The van der Waals surface area contributed by atoms with Crippen molar-refractivity contribution in [2.45, 2.75) is 25.3 Å². The summed E-state index contributed by atoms with van der Waals surface area (Å²) >= 11 is 0. The van der Waals surface area contributed by atoms with Crippen LogP contribution >= 0.6 is 0 Å². The van der Waals surface area contributed by atoms with Crippen molar-refractivity contribution in [2.24, 2.45) is 0 Å². The molecule has 0 radical (unpaired) electrons. The summed E-state index contributed by atoms with van der Waals surface area (Å²) in [5, 5.41) is 3.04. The van der Waals surface area contributed by atoms with Crippen LogP contribution in [-0.4, -0.2) is 18.0 Å². The van der Waals surface area contributed by atoms with Crippen molar-refractivity contribution in [1.29, 1.82) is 0 Å². The van der Waals surface area contributed by atoms with Crippen molar-refractivity contribution < 1.29 is 9.53 Å². The Bertz CT molecular complexity index is 1040. The van der Waals surface area contributed by atoms with Crippen molar-refractivity contribution in [3.63, 3.8) is 0 Å². The second-order valence-corrected chi connectivity index (χ2v) is 6.96. The fourth-order valence-corrected chi connectivity index (χ4v) is 3.69. The SMILES string of the molecule is COc1ccc([C@H](NC(=O)c2cc3c([nH]c2=O)CCC3)c2ccccc2)cc1. The molecule has 142 valence electrons. The number of rotatable bonds is 5. The van der Waals surface area contributed by atoms with Gasteiger partial charge in [0, 0.05) is 5.69 Å². The normalized spacial score (nSPS) is 13.6. The predicted octanol–water partition coefficient (Wildman–Crippen LogP) is 3.39. The van der Waals surface area contributed by atoms with Crippen molar-refractivity contribution in [3.05, 3.63) is 99.0 Å². The van der Waals surface area contributed by atoms with E-state index < -0.39 is 0 Å². The van der Waals surface area contributed by atoms with Crippen LogP contribution in [0.2, 0.25) is 0 Å². The average molecular weight is 374 g/mol. The Morgan fingerprint density at radius 3 is 2.46 bits per heavy atom. The van der Waals surface area contributed by atoms with E-state index in [1.54, 1.807) is 13.2 Å². The third kappa shape index (κ3) is 3.56. The second kappa shape index (κ2) is 7.72. The van der Waals surface area contributed by atoms with E-state index in [-0.39, 0.29) is 23.1 Å². The topological polar surface area (TPSA) is 71.2 Å². The van der Waals surface area contributed by atoms with Gasteiger partial charge >= 0.3 is 0 Å². The highest BCUT2D eigenvalue weighted by Crippen LogP contribution is 2.25. The molecule has 0 bridgehead atoms. The lowest BCUT2D eigenvalue weighted by Crippen LogP contribution is -2.33. The lowest BCUT2D eigenvalue weighted by Gasteiger charge is -2.20. The molecule has 2 N–H and O–H groups in total.